The van der Waals surface area contributed by atoms with E-state index in [0.29, 0.717) is 30.9 Å². The Morgan fingerprint density at radius 1 is 1.26 bits per heavy atom. The Bertz CT molecular complexity index is 679. The SMILES string of the molecule is Cc1ccc(NC(=O)CCl)cc1S(=O)(=O)N1CCCN(C)CC1. The summed E-state index contributed by atoms with van der Waals surface area (Å²) in [5.74, 6) is -0.538. The number of amides is 1. The second-order valence-corrected chi connectivity index (χ2v) is 7.90. The summed E-state index contributed by atoms with van der Waals surface area (Å²) in [7, 11) is -1.59. The fourth-order valence-corrected chi connectivity index (χ4v) is 4.34. The predicted molar refractivity (Wildman–Crippen MR) is 91.4 cm³/mol. The summed E-state index contributed by atoms with van der Waals surface area (Å²) >= 11 is 5.47. The molecule has 0 bridgehead atoms. The van der Waals surface area contributed by atoms with Gasteiger partial charge in [0.25, 0.3) is 0 Å². The molecule has 1 amide bonds. The van der Waals surface area contributed by atoms with Gasteiger partial charge in [-0.2, -0.15) is 4.31 Å². The third-order valence-corrected chi connectivity index (χ3v) is 6.17. The number of carbonyl (C=O) groups is 1. The zero-order valence-electron chi connectivity index (χ0n) is 13.4. The Hall–Kier alpha value is -1.15. The van der Waals surface area contributed by atoms with Crippen molar-refractivity contribution in [3.63, 3.8) is 0 Å². The number of benzene rings is 1. The lowest BCUT2D eigenvalue weighted by Crippen LogP contribution is -2.35. The zero-order chi connectivity index (χ0) is 17.0. The second kappa shape index (κ2) is 7.61. The molecular weight excluding hydrogens is 338 g/mol. The molecule has 0 radical (unpaired) electrons. The molecule has 0 unspecified atom stereocenters. The average molecular weight is 360 g/mol. The van der Waals surface area contributed by atoms with E-state index in [-0.39, 0.29) is 16.7 Å². The number of anilines is 1. The molecule has 1 aliphatic rings. The van der Waals surface area contributed by atoms with Gasteiger partial charge < -0.3 is 10.2 Å². The first-order valence-electron chi connectivity index (χ1n) is 7.50. The maximum absolute atomic E-state index is 12.9. The number of aryl methyl sites for hydroxylation is 1. The molecule has 0 atom stereocenters. The normalized spacial score (nSPS) is 17.7. The molecule has 1 aromatic carbocycles. The fraction of sp³-hybridized carbons (Fsp3) is 0.533. The standard InChI is InChI=1S/C15H22ClN3O3S/c1-12-4-5-13(17-15(20)11-16)10-14(12)23(21,22)19-7-3-6-18(2)8-9-19/h4-5,10H,3,6-9,11H2,1-2H3,(H,17,20). The van der Waals surface area contributed by atoms with Crippen molar-refractivity contribution < 1.29 is 13.2 Å². The topological polar surface area (TPSA) is 69.7 Å². The molecule has 0 aromatic heterocycles. The lowest BCUT2D eigenvalue weighted by Gasteiger charge is -2.21. The van der Waals surface area contributed by atoms with Crippen molar-refractivity contribution in [2.45, 2.75) is 18.2 Å². The molecule has 1 fully saturated rings. The lowest BCUT2D eigenvalue weighted by molar-refractivity contribution is -0.113. The highest BCUT2D eigenvalue weighted by molar-refractivity contribution is 7.89. The van der Waals surface area contributed by atoms with Crippen molar-refractivity contribution in [3.8, 4) is 0 Å². The first kappa shape index (κ1) is 18.2. The third kappa shape index (κ3) is 4.44. The summed E-state index contributed by atoms with van der Waals surface area (Å²) in [5.41, 5.74) is 1.10. The van der Waals surface area contributed by atoms with E-state index in [9.17, 15) is 13.2 Å². The van der Waals surface area contributed by atoms with Gasteiger partial charge in [0.1, 0.15) is 5.88 Å². The van der Waals surface area contributed by atoms with Crippen LogP contribution >= 0.6 is 11.6 Å². The summed E-state index contributed by atoms with van der Waals surface area (Å²) in [6, 6.07) is 4.87. The molecule has 0 aliphatic carbocycles. The minimum atomic E-state index is -3.58. The van der Waals surface area contributed by atoms with Gasteiger partial charge in [-0.1, -0.05) is 6.07 Å². The van der Waals surface area contributed by atoms with Gasteiger partial charge in [0.2, 0.25) is 15.9 Å². The highest BCUT2D eigenvalue weighted by atomic mass is 35.5. The number of sulfonamides is 1. The number of carbonyl (C=O) groups excluding carboxylic acids is 1. The maximum Gasteiger partial charge on any atom is 0.243 e. The van der Waals surface area contributed by atoms with Crippen LogP contribution in [0.15, 0.2) is 23.1 Å². The van der Waals surface area contributed by atoms with E-state index < -0.39 is 10.0 Å². The van der Waals surface area contributed by atoms with Gasteiger partial charge in [-0.25, -0.2) is 8.42 Å². The number of alkyl halides is 1. The number of likely N-dealkylation sites (N-methyl/N-ethyl adjacent to an activating group) is 1. The van der Waals surface area contributed by atoms with E-state index in [0.717, 1.165) is 13.0 Å². The highest BCUT2D eigenvalue weighted by Gasteiger charge is 2.27. The smallest absolute Gasteiger partial charge is 0.243 e. The Morgan fingerprint density at radius 3 is 2.70 bits per heavy atom. The van der Waals surface area contributed by atoms with Crippen molar-refractivity contribution >= 4 is 33.2 Å². The Labute approximate surface area is 142 Å². The van der Waals surface area contributed by atoms with Crippen LogP contribution in [0.5, 0.6) is 0 Å². The van der Waals surface area contributed by atoms with Crippen molar-refractivity contribution in [1.29, 1.82) is 0 Å². The van der Waals surface area contributed by atoms with Crippen LogP contribution in [0, 0.1) is 6.92 Å². The van der Waals surface area contributed by atoms with Crippen molar-refractivity contribution in [2.24, 2.45) is 0 Å². The van der Waals surface area contributed by atoms with Gasteiger partial charge in [0.15, 0.2) is 0 Å². The van der Waals surface area contributed by atoms with Crippen molar-refractivity contribution in [3.05, 3.63) is 23.8 Å². The number of nitrogens with zero attached hydrogens (tertiary/aromatic N) is 2. The summed E-state index contributed by atoms with van der Waals surface area (Å²) in [6.07, 6.45) is 0.803. The molecule has 2 rings (SSSR count). The molecule has 0 spiro atoms. The molecule has 0 saturated carbocycles. The number of hydrogen-bond acceptors (Lipinski definition) is 4. The summed E-state index contributed by atoms with van der Waals surface area (Å²) in [4.78, 5) is 13.8. The van der Waals surface area contributed by atoms with E-state index in [4.69, 9.17) is 11.6 Å². The van der Waals surface area contributed by atoms with E-state index >= 15 is 0 Å². The van der Waals surface area contributed by atoms with Crippen LogP contribution in [0.1, 0.15) is 12.0 Å². The number of rotatable bonds is 4. The van der Waals surface area contributed by atoms with E-state index in [2.05, 4.69) is 10.2 Å². The van der Waals surface area contributed by atoms with Gasteiger partial charge >= 0.3 is 0 Å². The van der Waals surface area contributed by atoms with Crippen LogP contribution in [-0.2, 0) is 14.8 Å². The van der Waals surface area contributed by atoms with Gasteiger partial charge in [0.05, 0.1) is 4.90 Å². The maximum atomic E-state index is 12.9. The van der Waals surface area contributed by atoms with Crippen molar-refractivity contribution in [1.82, 2.24) is 9.21 Å². The quantitative estimate of drug-likeness (QED) is 0.827. The lowest BCUT2D eigenvalue weighted by atomic mass is 10.2. The summed E-state index contributed by atoms with van der Waals surface area (Å²) < 4.78 is 27.4. The van der Waals surface area contributed by atoms with Crippen LogP contribution in [-0.4, -0.2) is 62.6 Å². The van der Waals surface area contributed by atoms with E-state index in [1.165, 1.54) is 10.4 Å². The molecule has 1 aliphatic heterocycles. The monoisotopic (exact) mass is 359 g/mol. The van der Waals surface area contributed by atoms with Crippen LogP contribution in [0.25, 0.3) is 0 Å². The third-order valence-electron chi connectivity index (χ3n) is 3.89. The first-order chi connectivity index (χ1) is 10.8. The molecule has 1 aromatic rings. The van der Waals surface area contributed by atoms with E-state index in [1.807, 2.05) is 7.05 Å². The summed E-state index contributed by atoms with van der Waals surface area (Å²) in [5, 5.41) is 2.59. The van der Waals surface area contributed by atoms with Crippen LogP contribution in [0.2, 0.25) is 0 Å². The molecule has 1 N–H and O–H groups in total. The number of nitrogens with one attached hydrogen (secondary N) is 1. The van der Waals surface area contributed by atoms with Crippen molar-refractivity contribution in [2.75, 3.05) is 44.4 Å². The Balaban J connectivity index is 2.31. The second-order valence-electron chi connectivity index (χ2n) is 5.72. The average Bonchev–Trinajstić information content (AvgIpc) is 2.74. The summed E-state index contributed by atoms with van der Waals surface area (Å²) in [6.45, 7) is 4.32. The molecule has 23 heavy (non-hydrogen) atoms. The van der Waals surface area contributed by atoms with Crippen LogP contribution in [0.3, 0.4) is 0 Å². The minimum absolute atomic E-state index is 0.172. The Kier molecular flexibility index (Phi) is 6.02. The van der Waals surface area contributed by atoms with Crippen LogP contribution in [0.4, 0.5) is 5.69 Å². The number of halogens is 1. The fourth-order valence-electron chi connectivity index (χ4n) is 2.55. The molecule has 6 nitrogen and oxygen atoms in total. The minimum Gasteiger partial charge on any atom is -0.325 e. The first-order valence-corrected chi connectivity index (χ1v) is 9.47. The van der Waals surface area contributed by atoms with Crippen LogP contribution < -0.4 is 5.32 Å². The molecule has 128 valence electrons. The van der Waals surface area contributed by atoms with E-state index in [1.54, 1.807) is 19.1 Å². The molecule has 1 saturated heterocycles. The van der Waals surface area contributed by atoms with Gasteiger partial charge in [-0.3, -0.25) is 4.79 Å². The number of hydrogen-bond donors (Lipinski definition) is 1. The molecular formula is C15H22ClN3O3S. The van der Waals surface area contributed by atoms with Gasteiger partial charge in [0, 0.05) is 25.3 Å². The Morgan fingerprint density at radius 2 is 2.00 bits per heavy atom. The largest absolute Gasteiger partial charge is 0.325 e. The van der Waals surface area contributed by atoms with Gasteiger partial charge in [-0.05, 0) is 44.6 Å². The molecule has 8 heteroatoms. The predicted octanol–water partition coefficient (Wildman–Crippen LogP) is 1.50. The molecule has 1 heterocycles. The van der Waals surface area contributed by atoms with Gasteiger partial charge in [-0.15, -0.1) is 11.6 Å². The zero-order valence-corrected chi connectivity index (χ0v) is 15.0. The highest BCUT2D eigenvalue weighted by Crippen LogP contribution is 2.24.